The third kappa shape index (κ3) is 2.46. The lowest BCUT2D eigenvalue weighted by Gasteiger charge is -2.27. The molecule has 0 spiro atoms. The summed E-state index contributed by atoms with van der Waals surface area (Å²) in [6, 6.07) is 0. The summed E-state index contributed by atoms with van der Waals surface area (Å²) < 4.78 is 30.4. The highest BCUT2D eigenvalue weighted by atomic mass is 32.2. The molecule has 0 bridgehead atoms. The highest BCUT2D eigenvalue weighted by Gasteiger charge is 2.40. The lowest BCUT2D eigenvalue weighted by molar-refractivity contribution is 0.171. The number of unbranched alkanes of at least 4 members (excludes halogenated alkanes) is 1. The molecule has 0 N–H and O–H groups in total. The van der Waals surface area contributed by atoms with Gasteiger partial charge in [0.25, 0.3) is 0 Å². The topological polar surface area (TPSA) is 46.6 Å². The molecule has 0 atom stereocenters. The molecule has 0 unspecified atom stereocenters. The number of hydrogen-bond donors (Lipinski definition) is 0. The van der Waals surface area contributed by atoms with E-state index in [1.165, 1.54) is 4.31 Å². The molecular formula is C9H19NO3S. The zero-order valence-electron chi connectivity index (χ0n) is 9.12. The van der Waals surface area contributed by atoms with Crippen molar-refractivity contribution in [1.82, 2.24) is 4.31 Å². The molecule has 0 aromatic heterocycles. The first kappa shape index (κ1) is 11.9. The van der Waals surface area contributed by atoms with Crippen LogP contribution in [0.2, 0.25) is 0 Å². The summed E-state index contributed by atoms with van der Waals surface area (Å²) in [7, 11) is -3.12. The molecule has 4 nitrogen and oxygen atoms in total. The van der Waals surface area contributed by atoms with Gasteiger partial charge in [-0.05, 0) is 20.3 Å². The maximum absolute atomic E-state index is 11.9. The Bertz CT molecular complexity index is 284. The van der Waals surface area contributed by atoms with Crippen LogP contribution in [0.1, 0.15) is 33.6 Å². The molecule has 1 aliphatic rings. The van der Waals surface area contributed by atoms with Crippen molar-refractivity contribution in [2.24, 2.45) is 0 Å². The van der Waals surface area contributed by atoms with Gasteiger partial charge in [0, 0.05) is 0 Å². The fourth-order valence-corrected chi connectivity index (χ4v) is 3.43. The van der Waals surface area contributed by atoms with Crippen LogP contribution in [0.25, 0.3) is 0 Å². The zero-order chi connectivity index (χ0) is 10.8. The smallest absolute Gasteiger partial charge is 0.216 e. The molecule has 1 aliphatic heterocycles. The first-order valence-electron chi connectivity index (χ1n) is 4.98. The molecule has 5 heteroatoms. The molecule has 0 aliphatic carbocycles. The van der Waals surface area contributed by atoms with E-state index in [-0.39, 0.29) is 18.0 Å². The van der Waals surface area contributed by atoms with Crippen molar-refractivity contribution in [3.8, 4) is 0 Å². The molecule has 0 amide bonds. The Balaban J connectivity index is 2.72. The van der Waals surface area contributed by atoms with Crippen LogP contribution >= 0.6 is 0 Å². The van der Waals surface area contributed by atoms with Gasteiger partial charge in [0.2, 0.25) is 10.0 Å². The molecule has 0 saturated carbocycles. The monoisotopic (exact) mass is 221 g/mol. The number of rotatable bonds is 4. The molecule has 1 fully saturated rings. The average Bonchev–Trinajstić information content (AvgIpc) is 2.42. The largest absolute Gasteiger partial charge is 0.363 e. The Morgan fingerprint density at radius 2 is 2.07 bits per heavy atom. The molecule has 1 saturated heterocycles. The molecule has 0 aromatic carbocycles. The van der Waals surface area contributed by atoms with Gasteiger partial charge in [-0.1, -0.05) is 13.3 Å². The van der Waals surface area contributed by atoms with Gasteiger partial charge in [0.1, 0.15) is 6.73 Å². The van der Waals surface area contributed by atoms with Crippen LogP contribution in [-0.2, 0) is 14.8 Å². The predicted octanol–water partition coefficient (Wildman–Crippen LogP) is 1.18. The normalized spacial score (nSPS) is 22.8. The first-order valence-corrected chi connectivity index (χ1v) is 6.59. The SMILES string of the molecule is CCCCS(=O)(=O)N1COCC1(C)C. The van der Waals surface area contributed by atoms with Crippen molar-refractivity contribution in [3.63, 3.8) is 0 Å². The van der Waals surface area contributed by atoms with Crippen LogP contribution in [0.5, 0.6) is 0 Å². The van der Waals surface area contributed by atoms with Crippen LogP contribution in [0, 0.1) is 0 Å². The minimum absolute atomic E-state index is 0.207. The average molecular weight is 221 g/mol. The summed E-state index contributed by atoms with van der Waals surface area (Å²) in [6.07, 6.45) is 1.61. The Morgan fingerprint density at radius 3 is 2.50 bits per heavy atom. The van der Waals surface area contributed by atoms with Gasteiger partial charge < -0.3 is 4.74 Å². The van der Waals surface area contributed by atoms with E-state index >= 15 is 0 Å². The standard InChI is InChI=1S/C9H19NO3S/c1-4-5-6-14(11,12)10-8-13-7-9(10,2)3/h4-8H2,1-3H3. The molecule has 14 heavy (non-hydrogen) atoms. The van der Waals surface area contributed by atoms with Crippen molar-refractivity contribution >= 4 is 10.0 Å². The van der Waals surface area contributed by atoms with E-state index < -0.39 is 10.0 Å². The second-order valence-electron chi connectivity index (χ2n) is 4.31. The molecule has 0 radical (unpaired) electrons. The summed E-state index contributed by atoms with van der Waals surface area (Å²) in [5.74, 6) is 0.232. The van der Waals surface area contributed by atoms with E-state index in [0.717, 1.165) is 12.8 Å². The highest BCUT2D eigenvalue weighted by Crippen LogP contribution is 2.25. The third-order valence-corrected chi connectivity index (χ3v) is 4.51. The summed E-state index contributed by atoms with van der Waals surface area (Å²) in [5, 5.41) is 0. The molecular weight excluding hydrogens is 202 g/mol. The summed E-state index contributed by atoms with van der Waals surface area (Å²) in [6.45, 7) is 6.46. The molecule has 1 rings (SSSR count). The summed E-state index contributed by atoms with van der Waals surface area (Å²) in [4.78, 5) is 0. The van der Waals surface area contributed by atoms with Crippen LogP contribution < -0.4 is 0 Å². The van der Waals surface area contributed by atoms with Gasteiger partial charge in [-0.15, -0.1) is 0 Å². The highest BCUT2D eigenvalue weighted by molar-refractivity contribution is 7.89. The van der Waals surface area contributed by atoms with Crippen LogP contribution in [0.3, 0.4) is 0 Å². The maximum Gasteiger partial charge on any atom is 0.216 e. The first-order chi connectivity index (χ1) is 6.40. The second-order valence-corrected chi connectivity index (χ2v) is 6.32. The number of hydrogen-bond acceptors (Lipinski definition) is 3. The van der Waals surface area contributed by atoms with E-state index in [1.807, 2.05) is 20.8 Å². The Labute approximate surface area is 86.3 Å². The van der Waals surface area contributed by atoms with Gasteiger partial charge in [0.05, 0.1) is 17.9 Å². The van der Waals surface area contributed by atoms with Crippen molar-refractivity contribution < 1.29 is 13.2 Å². The summed E-state index contributed by atoms with van der Waals surface area (Å²) in [5.41, 5.74) is -0.382. The number of sulfonamides is 1. The minimum Gasteiger partial charge on any atom is -0.363 e. The van der Waals surface area contributed by atoms with Gasteiger partial charge in [-0.25, -0.2) is 8.42 Å². The fraction of sp³-hybridized carbons (Fsp3) is 1.00. The van der Waals surface area contributed by atoms with Crippen molar-refractivity contribution in [2.75, 3.05) is 19.1 Å². The quantitative estimate of drug-likeness (QED) is 0.716. The van der Waals surface area contributed by atoms with Gasteiger partial charge in [0.15, 0.2) is 0 Å². The van der Waals surface area contributed by atoms with E-state index in [1.54, 1.807) is 0 Å². The predicted molar refractivity (Wildman–Crippen MR) is 55.4 cm³/mol. The minimum atomic E-state index is -3.12. The van der Waals surface area contributed by atoms with E-state index in [0.29, 0.717) is 6.61 Å². The molecule has 0 aromatic rings. The number of nitrogens with zero attached hydrogens (tertiary/aromatic N) is 1. The van der Waals surface area contributed by atoms with Crippen LogP contribution in [0.4, 0.5) is 0 Å². The van der Waals surface area contributed by atoms with E-state index in [2.05, 4.69) is 0 Å². The molecule has 1 heterocycles. The Morgan fingerprint density at radius 1 is 1.43 bits per heavy atom. The lowest BCUT2D eigenvalue weighted by Crippen LogP contribution is -2.45. The lowest BCUT2D eigenvalue weighted by atomic mass is 10.1. The van der Waals surface area contributed by atoms with Crippen molar-refractivity contribution in [1.29, 1.82) is 0 Å². The molecule has 84 valence electrons. The van der Waals surface area contributed by atoms with Crippen LogP contribution in [-0.4, -0.2) is 37.4 Å². The van der Waals surface area contributed by atoms with Gasteiger partial charge >= 0.3 is 0 Å². The van der Waals surface area contributed by atoms with Crippen molar-refractivity contribution in [3.05, 3.63) is 0 Å². The second kappa shape index (κ2) is 4.16. The van der Waals surface area contributed by atoms with E-state index in [9.17, 15) is 8.42 Å². The Kier molecular flexibility index (Phi) is 3.55. The third-order valence-electron chi connectivity index (χ3n) is 2.43. The summed E-state index contributed by atoms with van der Waals surface area (Å²) >= 11 is 0. The van der Waals surface area contributed by atoms with Gasteiger partial charge in [-0.2, -0.15) is 4.31 Å². The van der Waals surface area contributed by atoms with Gasteiger partial charge in [-0.3, -0.25) is 0 Å². The number of ether oxygens (including phenoxy) is 1. The maximum atomic E-state index is 11.9. The Hall–Kier alpha value is -0.130. The van der Waals surface area contributed by atoms with Crippen LogP contribution in [0.15, 0.2) is 0 Å². The zero-order valence-corrected chi connectivity index (χ0v) is 9.93. The van der Waals surface area contributed by atoms with E-state index in [4.69, 9.17) is 4.74 Å². The van der Waals surface area contributed by atoms with Crippen molar-refractivity contribution in [2.45, 2.75) is 39.2 Å². The fourth-order valence-electron chi connectivity index (χ4n) is 1.52.